The first-order valence-electron chi connectivity index (χ1n) is 9.02. The molecule has 0 unspecified atom stereocenters. The molecule has 1 aliphatic heterocycles. The number of aromatic nitrogens is 3. The zero-order chi connectivity index (χ0) is 17.6. The molecule has 26 heavy (non-hydrogen) atoms. The summed E-state index contributed by atoms with van der Waals surface area (Å²) in [5.74, 6) is 0.0888. The van der Waals surface area contributed by atoms with Crippen molar-refractivity contribution in [1.29, 1.82) is 0 Å². The molecule has 130 valence electrons. The summed E-state index contributed by atoms with van der Waals surface area (Å²) in [4.78, 5) is 39.8. The number of allylic oxidation sites excluding steroid dienone is 2. The molecular formula is C19H16N4O3. The maximum absolute atomic E-state index is 12.9. The summed E-state index contributed by atoms with van der Waals surface area (Å²) in [5.41, 5.74) is 1.19. The molecule has 1 aromatic carbocycles. The third-order valence-corrected chi connectivity index (χ3v) is 6.64. The molecule has 2 saturated carbocycles. The largest absolute Gasteiger partial charge is 0.274 e. The minimum absolute atomic E-state index is 0.166. The number of imide groups is 1. The van der Waals surface area contributed by atoms with Crippen LogP contribution in [0.2, 0.25) is 0 Å². The lowest BCUT2D eigenvalue weighted by Crippen LogP contribution is -2.40. The molecule has 1 saturated heterocycles. The van der Waals surface area contributed by atoms with Gasteiger partial charge in [0.25, 0.3) is 5.91 Å². The topological polar surface area (TPSA) is 85.2 Å². The minimum atomic E-state index is -0.412. The van der Waals surface area contributed by atoms with Crippen LogP contribution in [0, 0.1) is 35.5 Å². The predicted molar refractivity (Wildman–Crippen MR) is 89.6 cm³/mol. The molecule has 4 aliphatic carbocycles. The first-order chi connectivity index (χ1) is 12.6. The molecule has 0 N–H and O–H groups in total. The van der Waals surface area contributed by atoms with Gasteiger partial charge in [0.05, 0.1) is 17.4 Å². The second kappa shape index (κ2) is 4.66. The Morgan fingerprint density at radius 3 is 2.38 bits per heavy atom. The number of carbonyl (C=O) groups is 3. The van der Waals surface area contributed by atoms with Gasteiger partial charge in [-0.1, -0.05) is 29.5 Å². The fraction of sp³-hybridized carbons (Fsp3) is 0.421. The standard InChI is InChI=1S/C19H16N4O3/c24-15(23-14-4-2-1-3-13(14)20-21-23)8-22-18(25)16-9-5-6-10(12-7-11(9)12)17(16)19(22)26/h1-6,9-12,16-17H,7-8H2/t9-,10-,11-,12+,16-,17+/m0/s1. The Balaban J connectivity index is 1.31. The number of amides is 2. The second-order valence-electron chi connectivity index (χ2n) is 7.80. The molecule has 0 spiro atoms. The van der Waals surface area contributed by atoms with Gasteiger partial charge in [-0.15, -0.1) is 5.10 Å². The number of benzene rings is 1. The third-order valence-electron chi connectivity index (χ3n) is 6.64. The van der Waals surface area contributed by atoms with Crippen molar-refractivity contribution in [3.05, 3.63) is 36.4 Å². The van der Waals surface area contributed by atoms with Crippen LogP contribution in [0.4, 0.5) is 0 Å². The highest BCUT2D eigenvalue weighted by molar-refractivity contribution is 6.08. The maximum Gasteiger partial charge on any atom is 0.268 e. The van der Waals surface area contributed by atoms with Gasteiger partial charge in [0.15, 0.2) is 0 Å². The normalized spacial score (nSPS) is 36.5. The van der Waals surface area contributed by atoms with Gasteiger partial charge in [0.1, 0.15) is 12.1 Å². The van der Waals surface area contributed by atoms with E-state index in [-0.39, 0.29) is 42.0 Å². The molecule has 2 amide bonds. The van der Waals surface area contributed by atoms with Gasteiger partial charge in [-0.2, -0.15) is 4.68 Å². The molecule has 3 fully saturated rings. The monoisotopic (exact) mass is 348 g/mol. The Labute approximate surface area is 148 Å². The zero-order valence-corrected chi connectivity index (χ0v) is 13.9. The van der Waals surface area contributed by atoms with Crippen LogP contribution >= 0.6 is 0 Å². The van der Waals surface area contributed by atoms with E-state index in [4.69, 9.17) is 0 Å². The van der Waals surface area contributed by atoms with Crippen molar-refractivity contribution < 1.29 is 14.4 Å². The average molecular weight is 348 g/mol. The van der Waals surface area contributed by atoms with E-state index in [1.54, 1.807) is 18.2 Å². The quantitative estimate of drug-likeness (QED) is 0.600. The Kier molecular flexibility index (Phi) is 2.57. The van der Waals surface area contributed by atoms with Crippen molar-refractivity contribution in [3.8, 4) is 0 Å². The van der Waals surface area contributed by atoms with E-state index in [1.165, 1.54) is 4.68 Å². The van der Waals surface area contributed by atoms with Crippen molar-refractivity contribution in [1.82, 2.24) is 19.9 Å². The molecular weight excluding hydrogens is 332 g/mol. The number of hydrogen-bond acceptors (Lipinski definition) is 5. The van der Waals surface area contributed by atoms with Crippen molar-refractivity contribution in [3.63, 3.8) is 0 Å². The summed E-state index contributed by atoms with van der Waals surface area (Å²) >= 11 is 0. The van der Waals surface area contributed by atoms with Gasteiger partial charge in [0.2, 0.25) is 11.8 Å². The second-order valence-corrected chi connectivity index (χ2v) is 7.80. The number of nitrogens with zero attached hydrogens (tertiary/aromatic N) is 4. The van der Waals surface area contributed by atoms with Crippen LogP contribution in [0.1, 0.15) is 11.2 Å². The molecule has 2 bridgehead atoms. The number of carbonyl (C=O) groups excluding carboxylic acids is 3. The van der Waals surface area contributed by atoms with E-state index in [0.717, 1.165) is 11.3 Å². The van der Waals surface area contributed by atoms with Gasteiger partial charge in [0, 0.05) is 0 Å². The van der Waals surface area contributed by atoms with Crippen LogP contribution in [0.25, 0.3) is 11.0 Å². The summed E-state index contributed by atoms with van der Waals surface area (Å²) in [7, 11) is 0. The lowest BCUT2D eigenvalue weighted by atomic mass is 9.63. The highest BCUT2D eigenvalue weighted by Crippen LogP contribution is 2.65. The van der Waals surface area contributed by atoms with Gasteiger partial charge in [-0.05, 0) is 42.2 Å². The molecule has 7 rings (SSSR count). The lowest BCUT2D eigenvalue weighted by molar-refractivity contribution is -0.139. The molecule has 7 heteroatoms. The summed E-state index contributed by atoms with van der Waals surface area (Å²) in [6.07, 6.45) is 5.38. The molecule has 2 heterocycles. The first-order valence-corrected chi connectivity index (χ1v) is 9.02. The fourth-order valence-corrected chi connectivity index (χ4v) is 5.43. The van der Waals surface area contributed by atoms with Crippen LogP contribution in [0.5, 0.6) is 0 Å². The van der Waals surface area contributed by atoms with Gasteiger partial charge >= 0.3 is 0 Å². The highest BCUT2D eigenvalue weighted by Gasteiger charge is 2.67. The van der Waals surface area contributed by atoms with Crippen LogP contribution in [-0.4, -0.2) is 44.2 Å². The average Bonchev–Trinajstić information content (AvgIpc) is 3.32. The fourth-order valence-electron chi connectivity index (χ4n) is 5.43. The van der Waals surface area contributed by atoms with E-state index >= 15 is 0 Å². The molecule has 2 aromatic rings. The summed E-state index contributed by atoms with van der Waals surface area (Å²) in [6.45, 7) is -0.271. The first kappa shape index (κ1) is 14.4. The highest BCUT2D eigenvalue weighted by atomic mass is 16.2. The molecule has 5 aliphatic rings. The van der Waals surface area contributed by atoms with E-state index in [2.05, 4.69) is 22.5 Å². The van der Waals surface area contributed by atoms with E-state index in [0.29, 0.717) is 22.9 Å². The van der Waals surface area contributed by atoms with Crippen LogP contribution in [-0.2, 0) is 9.59 Å². The zero-order valence-electron chi connectivity index (χ0n) is 13.9. The smallest absolute Gasteiger partial charge is 0.268 e. The molecule has 6 atom stereocenters. The number of hydrogen-bond donors (Lipinski definition) is 0. The number of para-hydroxylation sites is 1. The summed E-state index contributed by atoms with van der Waals surface area (Å²) in [5, 5.41) is 7.86. The van der Waals surface area contributed by atoms with Crippen LogP contribution in [0.3, 0.4) is 0 Å². The number of rotatable bonds is 2. The van der Waals surface area contributed by atoms with Crippen molar-refractivity contribution >= 4 is 28.8 Å². The number of likely N-dealkylation sites (tertiary alicyclic amines) is 1. The van der Waals surface area contributed by atoms with Crippen molar-refractivity contribution in [2.24, 2.45) is 35.5 Å². The summed E-state index contributed by atoms with van der Waals surface area (Å²) in [6, 6.07) is 7.13. The van der Waals surface area contributed by atoms with Crippen molar-refractivity contribution in [2.75, 3.05) is 6.54 Å². The van der Waals surface area contributed by atoms with E-state index < -0.39 is 5.91 Å². The molecule has 0 radical (unpaired) electrons. The minimum Gasteiger partial charge on any atom is -0.274 e. The molecule has 7 nitrogen and oxygen atoms in total. The Morgan fingerprint density at radius 1 is 1.04 bits per heavy atom. The third kappa shape index (κ3) is 1.65. The summed E-state index contributed by atoms with van der Waals surface area (Å²) < 4.78 is 1.18. The van der Waals surface area contributed by atoms with Crippen LogP contribution < -0.4 is 0 Å². The molecule has 1 aromatic heterocycles. The van der Waals surface area contributed by atoms with E-state index in [9.17, 15) is 14.4 Å². The Morgan fingerprint density at radius 2 is 1.69 bits per heavy atom. The Hall–Kier alpha value is -2.83. The van der Waals surface area contributed by atoms with Crippen molar-refractivity contribution in [2.45, 2.75) is 6.42 Å². The van der Waals surface area contributed by atoms with Gasteiger partial charge < -0.3 is 0 Å². The SMILES string of the molecule is O=C1[C@@H]2[C@H]3C=C[C@@H]([C@@H]4C[C@H]34)[C@@H]2C(=O)N1CC(=O)n1nnc2ccccc21. The Bertz CT molecular complexity index is 989. The number of fused-ring (bicyclic) bond motifs is 1. The van der Waals surface area contributed by atoms with Gasteiger partial charge in [-0.3, -0.25) is 19.3 Å². The predicted octanol–water partition coefficient (Wildman–Crippen LogP) is 1.12. The maximum atomic E-state index is 12.9. The van der Waals surface area contributed by atoms with Gasteiger partial charge in [-0.25, -0.2) is 0 Å². The van der Waals surface area contributed by atoms with E-state index in [1.807, 2.05) is 6.07 Å². The van der Waals surface area contributed by atoms with Crippen LogP contribution in [0.15, 0.2) is 36.4 Å². The lowest BCUT2D eigenvalue weighted by Gasteiger charge is -2.37.